The number of nitrogens with zero attached hydrogens (tertiary/aromatic N) is 3. The van der Waals surface area contributed by atoms with Crippen LogP contribution in [-0.2, 0) is 24.3 Å². The standard InChI is InChI=1S/C24H33N3O5S/c1-19(23(28)25-14-9-24(10-15-25)31-16-17-32-24)27-13-8-20-18-21(6-7-22(20)27)33(29,30)26-11-4-2-3-5-12-26/h6-8,13,18-19H,2-5,9-12,14-17H2,1H3/t19-/m0/s1. The second-order valence-electron chi connectivity index (χ2n) is 9.37. The molecule has 0 unspecified atom stereocenters. The van der Waals surface area contributed by atoms with Gasteiger partial charge in [-0.1, -0.05) is 12.8 Å². The Morgan fingerprint density at radius 3 is 2.30 bits per heavy atom. The minimum Gasteiger partial charge on any atom is -0.347 e. The van der Waals surface area contributed by atoms with Crippen LogP contribution in [0.2, 0.25) is 0 Å². The molecule has 4 heterocycles. The van der Waals surface area contributed by atoms with Crippen LogP contribution in [0.5, 0.6) is 0 Å². The Balaban J connectivity index is 1.32. The van der Waals surface area contributed by atoms with E-state index in [0.29, 0.717) is 57.1 Å². The Hall–Kier alpha value is -1.94. The number of carbonyl (C=O) groups excluding carboxylic acids is 1. The number of rotatable bonds is 4. The Labute approximate surface area is 195 Å². The first-order valence-electron chi connectivity index (χ1n) is 12.1. The SMILES string of the molecule is C[C@@H](C(=O)N1CCC2(CC1)OCCO2)n1ccc2cc(S(=O)(=O)N3CCCCCC3)ccc21. The van der Waals surface area contributed by atoms with Crippen molar-refractivity contribution < 1.29 is 22.7 Å². The third-order valence-corrected chi connectivity index (χ3v) is 9.21. The summed E-state index contributed by atoms with van der Waals surface area (Å²) in [7, 11) is -3.51. The van der Waals surface area contributed by atoms with E-state index in [2.05, 4.69) is 0 Å². The maximum atomic E-state index is 13.2. The van der Waals surface area contributed by atoms with Gasteiger partial charge in [-0.3, -0.25) is 4.79 Å². The summed E-state index contributed by atoms with van der Waals surface area (Å²) in [6.45, 7) is 5.53. The van der Waals surface area contributed by atoms with E-state index in [1.54, 1.807) is 16.4 Å². The highest BCUT2D eigenvalue weighted by atomic mass is 32.2. The van der Waals surface area contributed by atoms with E-state index in [-0.39, 0.29) is 11.9 Å². The van der Waals surface area contributed by atoms with Gasteiger partial charge in [0, 0.05) is 56.1 Å². The Bertz CT molecular complexity index is 1100. The zero-order valence-electron chi connectivity index (χ0n) is 19.2. The number of ether oxygens (including phenoxy) is 2. The molecule has 1 atom stereocenters. The van der Waals surface area contributed by atoms with E-state index in [0.717, 1.165) is 36.6 Å². The van der Waals surface area contributed by atoms with E-state index < -0.39 is 15.8 Å². The normalized spacial score (nSPS) is 23.1. The molecule has 1 aromatic carbocycles. The third-order valence-electron chi connectivity index (χ3n) is 7.32. The van der Waals surface area contributed by atoms with Gasteiger partial charge in [0.2, 0.25) is 15.9 Å². The predicted molar refractivity (Wildman–Crippen MR) is 124 cm³/mol. The molecule has 3 aliphatic rings. The fourth-order valence-corrected chi connectivity index (χ4v) is 6.86. The minimum atomic E-state index is -3.51. The number of piperidine rings is 1. The van der Waals surface area contributed by atoms with Crippen LogP contribution in [0, 0.1) is 0 Å². The van der Waals surface area contributed by atoms with Crippen molar-refractivity contribution in [1.29, 1.82) is 0 Å². The molecule has 8 nitrogen and oxygen atoms in total. The number of fused-ring (bicyclic) bond motifs is 1. The topological polar surface area (TPSA) is 81.1 Å². The van der Waals surface area contributed by atoms with Gasteiger partial charge in [0.25, 0.3) is 0 Å². The molecule has 1 aromatic heterocycles. The largest absolute Gasteiger partial charge is 0.347 e. The molecule has 1 spiro atoms. The highest BCUT2D eigenvalue weighted by Gasteiger charge is 2.41. The fraction of sp³-hybridized carbons (Fsp3) is 0.625. The number of carbonyl (C=O) groups is 1. The minimum absolute atomic E-state index is 0.0570. The molecule has 1 amide bonds. The molecule has 2 aromatic rings. The highest BCUT2D eigenvalue weighted by Crippen LogP contribution is 2.33. The van der Waals surface area contributed by atoms with Crippen molar-refractivity contribution in [2.75, 3.05) is 39.4 Å². The maximum absolute atomic E-state index is 13.2. The number of sulfonamides is 1. The van der Waals surface area contributed by atoms with Crippen LogP contribution in [0.15, 0.2) is 35.4 Å². The molecule has 33 heavy (non-hydrogen) atoms. The molecule has 3 fully saturated rings. The molecule has 5 rings (SSSR count). The van der Waals surface area contributed by atoms with E-state index in [1.165, 1.54) is 0 Å². The summed E-state index contributed by atoms with van der Waals surface area (Å²) < 4.78 is 41.5. The molecule has 9 heteroatoms. The van der Waals surface area contributed by atoms with Crippen LogP contribution in [-0.4, -0.2) is 73.3 Å². The summed E-state index contributed by atoms with van der Waals surface area (Å²) in [5.41, 5.74) is 0.863. The fourth-order valence-electron chi connectivity index (χ4n) is 5.31. The molecule has 0 saturated carbocycles. The van der Waals surface area contributed by atoms with Crippen LogP contribution in [0.4, 0.5) is 0 Å². The van der Waals surface area contributed by atoms with Gasteiger partial charge in [0.1, 0.15) is 6.04 Å². The maximum Gasteiger partial charge on any atom is 0.245 e. The van der Waals surface area contributed by atoms with Gasteiger partial charge in [-0.2, -0.15) is 4.31 Å². The third kappa shape index (κ3) is 4.32. The molecular weight excluding hydrogens is 442 g/mol. The smallest absolute Gasteiger partial charge is 0.245 e. The van der Waals surface area contributed by atoms with Crippen LogP contribution in [0.1, 0.15) is 51.5 Å². The van der Waals surface area contributed by atoms with Crippen molar-refractivity contribution in [3.8, 4) is 0 Å². The number of hydrogen-bond donors (Lipinski definition) is 0. The van der Waals surface area contributed by atoms with Crippen LogP contribution < -0.4 is 0 Å². The van der Waals surface area contributed by atoms with E-state index in [4.69, 9.17) is 9.47 Å². The van der Waals surface area contributed by atoms with Crippen molar-refractivity contribution in [2.24, 2.45) is 0 Å². The molecule has 0 aliphatic carbocycles. The molecule has 0 N–H and O–H groups in total. The van der Waals surface area contributed by atoms with Crippen LogP contribution in [0.25, 0.3) is 10.9 Å². The number of amides is 1. The molecular formula is C24H33N3O5S. The first kappa shape index (κ1) is 22.8. The lowest BCUT2D eigenvalue weighted by Crippen LogP contribution is -2.48. The highest BCUT2D eigenvalue weighted by molar-refractivity contribution is 7.89. The zero-order chi connectivity index (χ0) is 23.1. The zero-order valence-corrected chi connectivity index (χ0v) is 20.1. The summed E-state index contributed by atoms with van der Waals surface area (Å²) in [5, 5.41) is 0.830. The Morgan fingerprint density at radius 2 is 1.64 bits per heavy atom. The van der Waals surface area contributed by atoms with Crippen molar-refractivity contribution in [1.82, 2.24) is 13.8 Å². The molecule has 0 radical (unpaired) electrons. The number of aromatic nitrogens is 1. The summed E-state index contributed by atoms with van der Waals surface area (Å²) in [6, 6.07) is 6.76. The number of hydrogen-bond acceptors (Lipinski definition) is 5. The van der Waals surface area contributed by atoms with Crippen molar-refractivity contribution in [3.05, 3.63) is 30.5 Å². The van der Waals surface area contributed by atoms with Crippen molar-refractivity contribution >= 4 is 26.8 Å². The average molecular weight is 476 g/mol. The van der Waals surface area contributed by atoms with E-state index in [1.807, 2.05) is 34.7 Å². The average Bonchev–Trinajstić information content (AvgIpc) is 3.36. The summed E-state index contributed by atoms with van der Waals surface area (Å²) in [4.78, 5) is 15.4. The van der Waals surface area contributed by atoms with Crippen molar-refractivity contribution in [3.63, 3.8) is 0 Å². The van der Waals surface area contributed by atoms with E-state index in [9.17, 15) is 13.2 Å². The van der Waals surface area contributed by atoms with Gasteiger partial charge < -0.3 is 18.9 Å². The van der Waals surface area contributed by atoms with Crippen LogP contribution >= 0.6 is 0 Å². The van der Waals surface area contributed by atoms with Gasteiger partial charge in [-0.25, -0.2) is 8.42 Å². The van der Waals surface area contributed by atoms with Gasteiger partial charge in [0.05, 0.1) is 18.1 Å². The second-order valence-corrected chi connectivity index (χ2v) is 11.3. The lowest BCUT2D eigenvalue weighted by atomic mass is 10.0. The van der Waals surface area contributed by atoms with Crippen LogP contribution in [0.3, 0.4) is 0 Å². The monoisotopic (exact) mass is 475 g/mol. The number of likely N-dealkylation sites (tertiary alicyclic amines) is 1. The molecule has 3 saturated heterocycles. The Kier molecular flexibility index (Phi) is 6.24. The molecule has 0 bridgehead atoms. The lowest BCUT2D eigenvalue weighted by Gasteiger charge is -2.38. The second kappa shape index (κ2) is 9.02. The van der Waals surface area contributed by atoms with E-state index >= 15 is 0 Å². The van der Waals surface area contributed by atoms with Gasteiger partial charge >= 0.3 is 0 Å². The first-order valence-corrected chi connectivity index (χ1v) is 13.5. The van der Waals surface area contributed by atoms with Crippen molar-refractivity contribution in [2.45, 2.75) is 62.2 Å². The predicted octanol–water partition coefficient (Wildman–Crippen LogP) is 3.13. The Morgan fingerprint density at radius 1 is 0.970 bits per heavy atom. The van der Waals surface area contributed by atoms with Gasteiger partial charge in [-0.15, -0.1) is 0 Å². The van der Waals surface area contributed by atoms with Gasteiger partial charge in [0.15, 0.2) is 5.79 Å². The summed E-state index contributed by atoms with van der Waals surface area (Å²) in [6.07, 6.45) is 7.24. The lowest BCUT2D eigenvalue weighted by molar-refractivity contribution is -0.188. The van der Waals surface area contributed by atoms with Gasteiger partial charge in [-0.05, 0) is 44.0 Å². The number of benzene rings is 1. The summed E-state index contributed by atoms with van der Waals surface area (Å²) in [5.74, 6) is -0.447. The molecule has 180 valence electrons. The molecule has 3 aliphatic heterocycles. The summed E-state index contributed by atoms with van der Waals surface area (Å²) >= 11 is 0. The first-order chi connectivity index (χ1) is 15.9. The quantitative estimate of drug-likeness (QED) is 0.679.